The quantitative estimate of drug-likeness (QED) is 0.446. The molecule has 0 aliphatic rings. The maximum absolute atomic E-state index is 13.2. The van der Waals surface area contributed by atoms with E-state index in [1.54, 1.807) is 0 Å². The number of halogens is 4. The van der Waals surface area contributed by atoms with E-state index in [4.69, 9.17) is 5.73 Å². The van der Waals surface area contributed by atoms with Crippen molar-refractivity contribution >= 4 is 5.95 Å². The van der Waals surface area contributed by atoms with Crippen molar-refractivity contribution in [2.24, 2.45) is 0 Å². The van der Waals surface area contributed by atoms with Gasteiger partial charge in [0.15, 0.2) is 29.1 Å². The number of H-pyrrole nitrogens is 1. The summed E-state index contributed by atoms with van der Waals surface area (Å²) >= 11 is 0. The lowest BCUT2D eigenvalue weighted by Gasteiger charge is -2.02. The molecule has 3 N–H and O–H groups in total. The van der Waals surface area contributed by atoms with Crippen LogP contribution in [0.3, 0.4) is 0 Å². The number of nitrogens with two attached hydrogens (primary N) is 1. The first-order chi connectivity index (χ1) is 7.50. The second-order valence-corrected chi connectivity index (χ2v) is 2.89. The Labute approximate surface area is 86.1 Å². The number of hydrogen-bond donors (Lipinski definition) is 2. The van der Waals surface area contributed by atoms with Crippen LogP contribution in [0.2, 0.25) is 0 Å². The van der Waals surface area contributed by atoms with Gasteiger partial charge in [0, 0.05) is 0 Å². The smallest absolute Gasteiger partial charge is 0.239 e. The van der Waals surface area contributed by atoms with Crippen molar-refractivity contribution in [3.63, 3.8) is 0 Å². The van der Waals surface area contributed by atoms with Crippen molar-refractivity contribution in [3.05, 3.63) is 29.3 Å². The number of aromatic nitrogens is 3. The van der Waals surface area contributed by atoms with Gasteiger partial charge in [0.25, 0.3) is 0 Å². The Morgan fingerprint density at radius 3 is 2.31 bits per heavy atom. The molecule has 0 spiro atoms. The number of nitrogens with one attached hydrogen (secondary N) is 1. The second-order valence-electron chi connectivity index (χ2n) is 2.89. The summed E-state index contributed by atoms with van der Waals surface area (Å²) in [5.41, 5.74) is 4.55. The van der Waals surface area contributed by atoms with Crippen LogP contribution in [-0.2, 0) is 0 Å². The van der Waals surface area contributed by atoms with Gasteiger partial charge in [-0.3, -0.25) is 5.10 Å². The lowest BCUT2D eigenvalue weighted by molar-refractivity contribution is 0.410. The summed E-state index contributed by atoms with van der Waals surface area (Å²) < 4.78 is 51.6. The zero-order valence-electron chi connectivity index (χ0n) is 7.56. The van der Waals surface area contributed by atoms with Crippen LogP contribution in [-0.4, -0.2) is 15.2 Å². The molecule has 0 saturated carbocycles. The highest BCUT2D eigenvalue weighted by Crippen LogP contribution is 2.25. The highest BCUT2D eigenvalue weighted by molar-refractivity contribution is 5.57. The number of aromatic amines is 1. The predicted octanol–water partition coefficient (Wildman–Crippen LogP) is 1.61. The molecule has 1 aromatic carbocycles. The molecule has 1 heterocycles. The van der Waals surface area contributed by atoms with E-state index >= 15 is 0 Å². The molecule has 0 bridgehead atoms. The molecule has 0 radical (unpaired) electrons. The Morgan fingerprint density at radius 1 is 1.06 bits per heavy atom. The first-order valence-corrected chi connectivity index (χ1v) is 4.02. The van der Waals surface area contributed by atoms with Crippen molar-refractivity contribution in [1.82, 2.24) is 15.2 Å². The summed E-state index contributed by atoms with van der Waals surface area (Å²) in [6.45, 7) is 0. The number of rotatable bonds is 1. The Balaban J connectivity index is 2.66. The van der Waals surface area contributed by atoms with E-state index in [0.717, 1.165) is 0 Å². The summed E-state index contributed by atoms with van der Waals surface area (Å²) in [5.74, 6) is -7.38. The SMILES string of the molecule is Nc1n[nH]c(-c2cc(F)c(F)c(F)c2F)n1. The molecule has 0 atom stereocenters. The molecule has 4 nitrogen and oxygen atoms in total. The first-order valence-electron chi connectivity index (χ1n) is 4.02. The van der Waals surface area contributed by atoms with Gasteiger partial charge in [-0.15, -0.1) is 5.10 Å². The number of nitrogen functional groups attached to an aromatic ring is 1. The fourth-order valence-corrected chi connectivity index (χ4v) is 1.14. The third-order valence-electron chi connectivity index (χ3n) is 1.86. The van der Waals surface area contributed by atoms with Crippen LogP contribution in [0.25, 0.3) is 11.4 Å². The largest absolute Gasteiger partial charge is 0.366 e. The molecule has 84 valence electrons. The summed E-state index contributed by atoms with van der Waals surface area (Å²) in [5, 5.41) is 5.51. The Hall–Kier alpha value is -2.12. The second kappa shape index (κ2) is 3.47. The number of benzene rings is 1. The monoisotopic (exact) mass is 232 g/mol. The van der Waals surface area contributed by atoms with Gasteiger partial charge in [-0.2, -0.15) is 4.98 Å². The number of anilines is 1. The molecule has 1 aromatic heterocycles. The number of hydrogen-bond acceptors (Lipinski definition) is 3. The molecule has 8 heteroatoms. The maximum atomic E-state index is 13.2. The molecule has 0 fully saturated rings. The van der Waals surface area contributed by atoms with Crippen LogP contribution >= 0.6 is 0 Å². The van der Waals surface area contributed by atoms with Gasteiger partial charge in [-0.1, -0.05) is 0 Å². The summed E-state index contributed by atoms with van der Waals surface area (Å²) in [7, 11) is 0. The van der Waals surface area contributed by atoms with E-state index in [1.165, 1.54) is 0 Å². The van der Waals surface area contributed by atoms with Crippen LogP contribution < -0.4 is 5.73 Å². The zero-order valence-corrected chi connectivity index (χ0v) is 7.56. The first kappa shape index (κ1) is 10.4. The Morgan fingerprint density at radius 2 is 1.75 bits per heavy atom. The van der Waals surface area contributed by atoms with Crippen molar-refractivity contribution in [2.45, 2.75) is 0 Å². The highest BCUT2D eigenvalue weighted by atomic mass is 19.2. The maximum Gasteiger partial charge on any atom is 0.239 e. The van der Waals surface area contributed by atoms with Gasteiger partial charge in [0.05, 0.1) is 5.56 Å². The van der Waals surface area contributed by atoms with E-state index in [1.807, 2.05) is 0 Å². The molecule has 0 amide bonds. The van der Waals surface area contributed by atoms with Gasteiger partial charge in [-0.25, -0.2) is 17.6 Å². The van der Waals surface area contributed by atoms with Crippen LogP contribution in [0.1, 0.15) is 0 Å². The van der Waals surface area contributed by atoms with Gasteiger partial charge in [0.2, 0.25) is 5.95 Å². The van der Waals surface area contributed by atoms with Crippen molar-refractivity contribution in [3.8, 4) is 11.4 Å². The Bertz CT molecular complexity index is 551. The molecule has 16 heavy (non-hydrogen) atoms. The van der Waals surface area contributed by atoms with Crippen LogP contribution in [0.15, 0.2) is 6.07 Å². The summed E-state index contributed by atoms with van der Waals surface area (Å²) in [6.07, 6.45) is 0. The molecule has 0 unspecified atom stereocenters. The van der Waals surface area contributed by atoms with E-state index in [0.29, 0.717) is 6.07 Å². The summed E-state index contributed by atoms with van der Waals surface area (Å²) in [6, 6.07) is 0.466. The fraction of sp³-hybridized carbons (Fsp3) is 0. The van der Waals surface area contributed by atoms with Crippen molar-refractivity contribution in [1.29, 1.82) is 0 Å². The minimum Gasteiger partial charge on any atom is -0.366 e. The lowest BCUT2D eigenvalue weighted by Crippen LogP contribution is -1.99. The molecular weight excluding hydrogens is 228 g/mol. The molecule has 2 rings (SSSR count). The summed E-state index contributed by atoms with van der Waals surface area (Å²) in [4.78, 5) is 3.47. The third kappa shape index (κ3) is 1.47. The Kier molecular flexibility index (Phi) is 2.26. The molecule has 0 aliphatic heterocycles. The van der Waals surface area contributed by atoms with E-state index in [9.17, 15) is 17.6 Å². The number of nitrogens with zero attached hydrogens (tertiary/aromatic N) is 2. The standard InChI is InChI=1S/C8H4F4N4/c9-3-1-2(4(10)6(12)5(3)11)7-14-8(13)16-15-7/h1H,(H3,13,14,15,16). The van der Waals surface area contributed by atoms with Gasteiger partial charge < -0.3 is 5.73 Å². The molecule has 0 saturated heterocycles. The molecular formula is C8H4F4N4. The molecule has 0 aliphatic carbocycles. The zero-order chi connectivity index (χ0) is 11.9. The van der Waals surface area contributed by atoms with Gasteiger partial charge in [-0.05, 0) is 6.07 Å². The lowest BCUT2D eigenvalue weighted by atomic mass is 10.2. The topological polar surface area (TPSA) is 67.6 Å². The van der Waals surface area contributed by atoms with Crippen LogP contribution in [0.4, 0.5) is 23.5 Å². The van der Waals surface area contributed by atoms with E-state index < -0.39 is 28.8 Å². The normalized spacial score (nSPS) is 10.8. The van der Waals surface area contributed by atoms with Gasteiger partial charge in [0.1, 0.15) is 0 Å². The van der Waals surface area contributed by atoms with E-state index in [2.05, 4.69) is 15.2 Å². The third-order valence-corrected chi connectivity index (χ3v) is 1.86. The average Bonchev–Trinajstić information content (AvgIpc) is 2.67. The predicted molar refractivity (Wildman–Crippen MR) is 46.1 cm³/mol. The van der Waals surface area contributed by atoms with Crippen LogP contribution in [0, 0.1) is 23.3 Å². The van der Waals surface area contributed by atoms with E-state index in [-0.39, 0.29) is 11.8 Å². The van der Waals surface area contributed by atoms with Crippen LogP contribution in [0.5, 0.6) is 0 Å². The van der Waals surface area contributed by atoms with Gasteiger partial charge >= 0.3 is 0 Å². The molecule has 2 aromatic rings. The van der Waals surface area contributed by atoms with Crippen molar-refractivity contribution < 1.29 is 17.6 Å². The minimum atomic E-state index is -1.91. The minimum absolute atomic E-state index is 0.223. The van der Waals surface area contributed by atoms with Crippen molar-refractivity contribution in [2.75, 3.05) is 5.73 Å². The highest BCUT2D eigenvalue weighted by Gasteiger charge is 2.21. The fourth-order valence-electron chi connectivity index (χ4n) is 1.14. The average molecular weight is 232 g/mol.